The van der Waals surface area contributed by atoms with E-state index >= 15 is 0 Å². The molecule has 1 heterocycles. The molecule has 7 nitrogen and oxygen atoms in total. The third-order valence-corrected chi connectivity index (χ3v) is 7.34. The second-order valence-electron chi connectivity index (χ2n) is 7.37. The zero-order valence-corrected chi connectivity index (χ0v) is 17.0. The number of piperidine rings is 1. The lowest BCUT2D eigenvalue weighted by Gasteiger charge is -2.31. The van der Waals surface area contributed by atoms with E-state index in [1.807, 2.05) is 13.0 Å². The average Bonchev–Trinajstić information content (AvgIpc) is 2.60. The van der Waals surface area contributed by atoms with Crippen LogP contribution < -0.4 is 5.32 Å². The summed E-state index contributed by atoms with van der Waals surface area (Å²) < 4.78 is 27.2. The molecule has 1 aliphatic rings. The van der Waals surface area contributed by atoms with Gasteiger partial charge in [0.1, 0.15) is 0 Å². The van der Waals surface area contributed by atoms with Gasteiger partial charge in [-0.1, -0.05) is 17.7 Å². The third kappa shape index (κ3) is 4.87. The molecule has 0 bridgehead atoms. The summed E-state index contributed by atoms with van der Waals surface area (Å²) in [7, 11) is -3.58. The molecule has 1 saturated heterocycles. The number of carbonyl (C=O) groups excluding carboxylic acids is 1. The molecule has 2 N–H and O–H groups in total. The van der Waals surface area contributed by atoms with Crippen molar-refractivity contribution < 1.29 is 23.1 Å². The summed E-state index contributed by atoms with van der Waals surface area (Å²) in [6, 6.07) is 4.78. The van der Waals surface area contributed by atoms with E-state index in [4.69, 9.17) is 5.11 Å². The Balaban J connectivity index is 2.00. The highest BCUT2D eigenvalue weighted by molar-refractivity contribution is 7.89. The van der Waals surface area contributed by atoms with Crippen molar-refractivity contribution in [2.24, 2.45) is 11.8 Å². The second-order valence-corrected chi connectivity index (χ2v) is 9.28. The maximum absolute atomic E-state index is 12.9. The first-order valence-corrected chi connectivity index (χ1v) is 10.6. The number of benzene rings is 1. The lowest BCUT2D eigenvalue weighted by atomic mass is 9.95. The van der Waals surface area contributed by atoms with Gasteiger partial charge in [-0.2, -0.15) is 4.31 Å². The highest BCUT2D eigenvalue weighted by Gasteiger charge is 2.33. The number of sulfonamides is 1. The number of carboxylic acid groups (broad SMARTS) is 1. The summed E-state index contributed by atoms with van der Waals surface area (Å²) in [4.78, 5) is 23.7. The lowest BCUT2D eigenvalue weighted by molar-refractivity contribution is -0.142. The number of rotatable bonds is 6. The number of nitrogens with one attached hydrogen (secondary N) is 1. The predicted molar refractivity (Wildman–Crippen MR) is 102 cm³/mol. The standard InChI is InChI=1S/C19H28N2O5S/c1-12-5-6-17(13(2)11-12)27(25,26)21-9-7-16(8-10-21)18(22)20-15(4)14(3)19(23)24/h5-6,11,14-16H,7-10H2,1-4H3,(H,20,22)(H,23,24). The third-order valence-electron chi connectivity index (χ3n) is 5.28. The Morgan fingerprint density at radius 3 is 2.30 bits per heavy atom. The van der Waals surface area contributed by atoms with Crippen LogP contribution >= 0.6 is 0 Å². The molecule has 2 rings (SSSR count). The number of aliphatic carboxylic acids is 1. The van der Waals surface area contributed by atoms with Crippen LogP contribution in [0.2, 0.25) is 0 Å². The molecule has 1 fully saturated rings. The maximum atomic E-state index is 12.9. The van der Waals surface area contributed by atoms with Crippen molar-refractivity contribution in [3.05, 3.63) is 29.3 Å². The fraction of sp³-hybridized carbons (Fsp3) is 0.579. The number of aryl methyl sites for hydroxylation is 2. The summed E-state index contributed by atoms with van der Waals surface area (Å²) >= 11 is 0. The fourth-order valence-electron chi connectivity index (χ4n) is 3.27. The molecular weight excluding hydrogens is 368 g/mol. The quantitative estimate of drug-likeness (QED) is 0.765. The van der Waals surface area contributed by atoms with Crippen LogP contribution in [0.3, 0.4) is 0 Å². The normalized spacial score (nSPS) is 18.7. The number of hydrogen-bond donors (Lipinski definition) is 2. The van der Waals surface area contributed by atoms with Gasteiger partial charge in [-0.3, -0.25) is 9.59 Å². The first kappa shape index (κ1) is 21.4. The summed E-state index contributed by atoms with van der Waals surface area (Å²) in [6.07, 6.45) is 0.842. The van der Waals surface area contributed by atoms with E-state index in [0.29, 0.717) is 23.3 Å². The van der Waals surface area contributed by atoms with Crippen LogP contribution in [-0.2, 0) is 19.6 Å². The van der Waals surface area contributed by atoms with Crippen molar-refractivity contribution >= 4 is 21.9 Å². The molecule has 8 heteroatoms. The Hall–Kier alpha value is -1.93. The van der Waals surface area contributed by atoms with Gasteiger partial charge in [-0.15, -0.1) is 0 Å². The Morgan fingerprint density at radius 2 is 1.78 bits per heavy atom. The molecule has 1 aromatic rings. The molecule has 1 aliphatic heterocycles. The van der Waals surface area contributed by atoms with E-state index in [-0.39, 0.29) is 24.9 Å². The average molecular weight is 397 g/mol. The van der Waals surface area contributed by atoms with E-state index in [9.17, 15) is 18.0 Å². The minimum atomic E-state index is -3.58. The van der Waals surface area contributed by atoms with E-state index in [1.165, 1.54) is 4.31 Å². The first-order valence-electron chi connectivity index (χ1n) is 9.14. The zero-order valence-electron chi connectivity index (χ0n) is 16.2. The highest BCUT2D eigenvalue weighted by Crippen LogP contribution is 2.26. The van der Waals surface area contributed by atoms with Gasteiger partial charge in [-0.05, 0) is 52.2 Å². The molecule has 27 heavy (non-hydrogen) atoms. The summed E-state index contributed by atoms with van der Waals surface area (Å²) in [5, 5.41) is 11.8. The number of nitrogens with zero attached hydrogens (tertiary/aromatic N) is 1. The molecule has 150 valence electrons. The van der Waals surface area contributed by atoms with E-state index < -0.39 is 28.0 Å². The summed E-state index contributed by atoms with van der Waals surface area (Å²) in [5.74, 6) is -2.16. The van der Waals surface area contributed by atoms with Crippen molar-refractivity contribution in [2.45, 2.75) is 51.5 Å². The number of hydrogen-bond acceptors (Lipinski definition) is 4. The van der Waals surface area contributed by atoms with Crippen LogP contribution in [-0.4, -0.2) is 48.8 Å². The molecule has 0 radical (unpaired) electrons. The van der Waals surface area contributed by atoms with Crippen molar-refractivity contribution in [1.82, 2.24) is 9.62 Å². The van der Waals surface area contributed by atoms with Crippen molar-refractivity contribution in [3.8, 4) is 0 Å². The first-order chi connectivity index (χ1) is 12.5. The minimum Gasteiger partial charge on any atom is -0.481 e. The Morgan fingerprint density at radius 1 is 1.19 bits per heavy atom. The lowest BCUT2D eigenvalue weighted by Crippen LogP contribution is -2.47. The van der Waals surface area contributed by atoms with Gasteiger partial charge in [0.2, 0.25) is 15.9 Å². The molecule has 0 saturated carbocycles. The van der Waals surface area contributed by atoms with Crippen LogP contribution in [0.15, 0.2) is 23.1 Å². The van der Waals surface area contributed by atoms with Gasteiger partial charge in [-0.25, -0.2) is 8.42 Å². The SMILES string of the molecule is Cc1ccc(S(=O)(=O)N2CCC(C(=O)NC(C)C(C)C(=O)O)CC2)c(C)c1. The Kier molecular flexibility index (Phi) is 6.64. The van der Waals surface area contributed by atoms with Gasteiger partial charge >= 0.3 is 5.97 Å². The van der Waals surface area contributed by atoms with Gasteiger partial charge in [0.25, 0.3) is 0 Å². The van der Waals surface area contributed by atoms with Crippen LogP contribution in [0, 0.1) is 25.7 Å². The van der Waals surface area contributed by atoms with Crippen LogP contribution in [0.5, 0.6) is 0 Å². The van der Waals surface area contributed by atoms with Gasteiger partial charge in [0, 0.05) is 25.0 Å². The second kappa shape index (κ2) is 8.39. The monoisotopic (exact) mass is 396 g/mol. The van der Waals surface area contributed by atoms with E-state index in [2.05, 4.69) is 5.32 Å². The number of amides is 1. The largest absolute Gasteiger partial charge is 0.481 e. The van der Waals surface area contributed by atoms with Crippen molar-refractivity contribution in [2.75, 3.05) is 13.1 Å². The van der Waals surface area contributed by atoms with Crippen molar-refractivity contribution in [1.29, 1.82) is 0 Å². The minimum absolute atomic E-state index is 0.209. The topological polar surface area (TPSA) is 104 Å². The summed E-state index contributed by atoms with van der Waals surface area (Å²) in [5.41, 5.74) is 1.72. The molecule has 1 amide bonds. The Labute approximate surface area is 160 Å². The summed E-state index contributed by atoms with van der Waals surface area (Å²) in [6.45, 7) is 7.46. The van der Waals surface area contributed by atoms with Gasteiger partial charge in [0.15, 0.2) is 0 Å². The number of carboxylic acids is 1. The molecule has 0 aromatic heterocycles. The van der Waals surface area contributed by atoms with Crippen LogP contribution in [0.4, 0.5) is 0 Å². The highest BCUT2D eigenvalue weighted by atomic mass is 32.2. The zero-order chi connectivity index (χ0) is 20.4. The molecule has 2 unspecified atom stereocenters. The van der Waals surface area contributed by atoms with Gasteiger partial charge < -0.3 is 10.4 Å². The van der Waals surface area contributed by atoms with Crippen LogP contribution in [0.1, 0.15) is 37.8 Å². The van der Waals surface area contributed by atoms with E-state index in [0.717, 1.165) is 5.56 Å². The molecule has 2 atom stereocenters. The predicted octanol–water partition coefficient (Wildman–Crippen LogP) is 1.93. The van der Waals surface area contributed by atoms with Gasteiger partial charge in [0.05, 0.1) is 10.8 Å². The number of carbonyl (C=O) groups is 2. The molecular formula is C19H28N2O5S. The van der Waals surface area contributed by atoms with E-state index in [1.54, 1.807) is 32.9 Å². The fourth-order valence-corrected chi connectivity index (χ4v) is 4.94. The Bertz CT molecular complexity index is 813. The molecule has 0 spiro atoms. The smallest absolute Gasteiger partial charge is 0.308 e. The van der Waals surface area contributed by atoms with Crippen LogP contribution in [0.25, 0.3) is 0 Å². The maximum Gasteiger partial charge on any atom is 0.308 e. The van der Waals surface area contributed by atoms with Crippen molar-refractivity contribution in [3.63, 3.8) is 0 Å². The molecule has 0 aliphatic carbocycles. The molecule has 1 aromatic carbocycles.